The standard InChI is InChI=1S/C14H23N3O3/c1-2-5-15-12-4-7-19-9-11(12)14-16-13(17-20-14)10-3-6-18-8-10/h10-12,15H,2-9H2,1H3. The summed E-state index contributed by atoms with van der Waals surface area (Å²) in [5, 5.41) is 7.70. The van der Waals surface area contributed by atoms with Gasteiger partial charge in [-0.2, -0.15) is 4.98 Å². The first-order valence-electron chi connectivity index (χ1n) is 7.61. The molecule has 6 nitrogen and oxygen atoms in total. The smallest absolute Gasteiger partial charge is 0.233 e. The van der Waals surface area contributed by atoms with Gasteiger partial charge in [-0.05, 0) is 25.8 Å². The van der Waals surface area contributed by atoms with Crippen molar-refractivity contribution in [2.45, 2.75) is 44.1 Å². The number of nitrogens with zero attached hydrogens (tertiary/aromatic N) is 2. The molecule has 3 rings (SSSR count). The first kappa shape index (κ1) is 14.0. The third kappa shape index (κ3) is 3.02. The Labute approximate surface area is 119 Å². The van der Waals surface area contributed by atoms with Gasteiger partial charge in [0.15, 0.2) is 5.82 Å². The van der Waals surface area contributed by atoms with Gasteiger partial charge in [-0.1, -0.05) is 12.1 Å². The Bertz CT molecular complexity index is 418. The second-order valence-electron chi connectivity index (χ2n) is 5.58. The van der Waals surface area contributed by atoms with Gasteiger partial charge in [0.1, 0.15) is 0 Å². The van der Waals surface area contributed by atoms with Gasteiger partial charge < -0.3 is 19.3 Å². The second kappa shape index (κ2) is 6.65. The van der Waals surface area contributed by atoms with Gasteiger partial charge in [0.25, 0.3) is 0 Å². The zero-order valence-corrected chi connectivity index (χ0v) is 12.0. The topological polar surface area (TPSA) is 69.4 Å². The van der Waals surface area contributed by atoms with E-state index >= 15 is 0 Å². The summed E-state index contributed by atoms with van der Waals surface area (Å²) in [6, 6.07) is 0.372. The van der Waals surface area contributed by atoms with E-state index in [4.69, 9.17) is 14.0 Å². The van der Waals surface area contributed by atoms with E-state index in [1.807, 2.05) is 0 Å². The SMILES string of the molecule is CCCNC1CCOCC1c1nc(C2CCOC2)no1. The van der Waals surface area contributed by atoms with Crippen molar-refractivity contribution in [1.82, 2.24) is 15.5 Å². The Balaban J connectivity index is 1.69. The van der Waals surface area contributed by atoms with Crippen LogP contribution in [0.2, 0.25) is 0 Å². The van der Waals surface area contributed by atoms with Crippen molar-refractivity contribution in [3.63, 3.8) is 0 Å². The predicted octanol–water partition coefficient (Wildman–Crippen LogP) is 1.45. The van der Waals surface area contributed by atoms with Gasteiger partial charge in [0, 0.05) is 25.2 Å². The molecule has 0 aromatic carbocycles. The molecule has 3 heterocycles. The molecule has 0 amide bonds. The molecule has 2 saturated heterocycles. The summed E-state index contributed by atoms with van der Waals surface area (Å²) in [4.78, 5) is 4.60. The van der Waals surface area contributed by atoms with E-state index in [0.717, 1.165) is 44.8 Å². The van der Waals surface area contributed by atoms with Crippen molar-refractivity contribution in [2.24, 2.45) is 0 Å². The van der Waals surface area contributed by atoms with Crippen LogP contribution in [0, 0.1) is 0 Å². The molecule has 2 aliphatic rings. The lowest BCUT2D eigenvalue weighted by Crippen LogP contribution is -2.41. The molecule has 20 heavy (non-hydrogen) atoms. The van der Waals surface area contributed by atoms with Gasteiger partial charge in [-0.15, -0.1) is 0 Å². The molecular weight excluding hydrogens is 258 g/mol. The first-order valence-corrected chi connectivity index (χ1v) is 7.61. The monoisotopic (exact) mass is 281 g/mol. The maximum Gasteiger partial charge on any atom is 0.233 e. The summed E-state index contributed by atoms with van der Waals surface area (Å²) in [5.74, 6) is 1.95. The van der Waals surface area contributed by atoms with E-state index in [1.54, 1.807) is 0 Å². The van der Waals surface area contributed by atoms with Crippen LogP contribution in [0.25, 0.3) is 0 Å². The number of ether oxygens (including phenoxy) is 2. The minimum Gasteiger partial charge on any atom is -0.381 e. The minimum atomic E-state index is 0.166. The maximum absolute atomic E-state index is 5.59. The molecule has 3 unspecified atom stereocenters. The highest BCUT2D eigenvalue weighted by atomic mass is 16.5. The zero-order valence-electron chi connectivity index (χ0n) is 12.0. The Morgan fingerprint density at radius 2 is 2.05 bits per heavy atom. The Hall–Kier alpha value is -0.980. The van der Waals surface area contributed by atoms with Crippen molar-refractivity contribution >= 4 is 0 Å². The van der Waals surface area contributed by atoms with Crippen LogP contribution in [0.4, 0.5) is 0 Å². The molecule has 2 aliphatic heterocycles. The fraction of sp³-hybridized carbons (Fsp3) is 0.857. The van der Waals surface area contributed by atoms with Crippen LogP contribution in [0.3, 0.4) is 0 Å². The molecule has 0 spiro atoms. The summed E-state index contributed by atoms with van der Waals surface area (Å²) in [7, 11) is 0. The van der Waals surface area contributed by atoms with Crippen molar-refractivity contribution in [2.75, 3.05) is 33.0 Å². The van der Waals surface area contributed by atoms with Gasteiger partial charge in [0.2, 0.25) is 5.89 Å². The van der Waals surface area contributed by atoms with Crippen LogP contribution in [0.1, 0.15) is 49.7 Å². The summed E-state index contributed by atoms with van der Waals surface area (Å²) in [6.07, 6.45) is 3.10. The molecule has 2 fully saturated rings. The van der Waals surface area contributed by atoms with Gasteiger partial charge in [-0.3, -0.25) is 0 Å². The molecular formula is C14H23N3O3. The summed E-state index contributed by atoms with van der Waals surface area (Å²) in [6.45, 7) is 6.14. The molecule has 3 atom stereocenters. The fourth-order valence-corrected chi connectivity index (χ4v) is 2.86. The quantitative estimate of drug-likeness (QED) is 0.881. The molecule has 1 N–H and O–H groups in total. The van der Waals surface area contributed by atoms with E-state index in [-0.39, 0.29) is 5.92 Å². The van der Waals surface area contributed by atoms with E-state index in [0.29, 0.717) is 31.1 Å². The number of aromatic nitrogens is 2. The number of hydrogen-bond donors (Lipinski definition) is 1. The maximum atomic E-state index is 5.59. The first-order chi connectivity index (χ1) is 9.88. The van der Waals surface area contributed by atoms with E-state index in [9.17, 15) is 0 Å². The van der Waals surface area contributed by atoms with Crippen molar-refractivity contribution in [3.05, 3.63) is 11.7 Å². The molecule has 0 saturated carbocycles. The lowest BCUT2D eigenvalue weighted by molar-refractivity contribution is 0.0498. The number of hydrogen-bond acceptors (Lipinski definition) is 6. The zero-order chi connectivity index (χ0) is 13.8. The van der Waals surface area contributed by atoms with Crippen LogP contribution >= 0.6 is 0 Å². The number of nitrogens with one attached hydrogen (secondary N) is 1. The molecule has 1 aromatic heterocycles. The number of rotatable bonds is 5. The largest absolute Gasteiger partial charge is 0.381 e. The Morgan fingerprint density at radius 1 is 1.20 bits per heavy atom. The van der Waals surface area contributed by atoms with Gasteiger partial charge in [-0.25, -0.2) is 0 Å². The lowest BCUT2D eigenvalue weighted by atomic mass is 9.95. The lowest BCUT2D eigenvalue weighted by Gasteiger charge is -2.29. The minimum absolute atomic E-state index is 0.166. The molecule has 0 bridgehead atoms. The van der Waals surface area contributed by atoms with E-state index in [2.05, 4.69) is 22.4 Å². The van der Waals surface area contributed by atoms with E-state index in [1.165, 1.54) is 0 Å². The van der Waals surface area contributed by atoms with Crippen LogP contribution in [0.15, 0.2) is 4.52 Å². The summed E-state index contributed by atoms with van der Waals surface area (Å²) >= 11 is 0. The predicted molar refractivity (Wildman–Crippen MR) is 72.7 cm³/mol. The molecule has 6 heteroatoms. The van der Waals surface area contributed by atoms with Crippen LogP contribution in [0.5, 0.6) is 0 Å². The van der Waals surface area contributed by atoms with Gasteiger partial charge in [0.05, 0.1) is 19.1 Å². The molecule has 0 aliphatic carbocycles. The fourth-order valence-electron chi connectivity index (χ4n) is 2.86. The van der Waals surface area contributed by atoms with Crippen LogP contribution in [-0.4, -0.2) is 49.2 Å². The third-order valence-corrected chi connectivity index (χ3v) is 4.08. The summed E-state index contributed by atoms with van der Waals surface area (Å²) < 4.78 is 16.5. The van der Waals surface area contributed by atoms with Gasteiger partial charge >= 0.3 is 0 Å². The third-order valence-electron chi connectivity index (χ3n) is 4.08. The average Bonchev–Trinajstić information content (AvgIpc) is 3.15. The van der Waals surface area contributed by atoms with Crippen molar-refractivity contribution < 1.29 is 14.0 Å². The Morgan fingerprint density at radius 3 is 2.85 bits per heavy atom. The second-order valence-corrected chi connectivity index (χ2v) is 5.58. The van der Waals surface area contributed by atoms with Crippen molar-refractivity contribution in [3.8, 4) is 0 Å². The molecule has 112 valence electrons. The normalized spacial score (nSPS) is 30.8. The highest BCUT2D eigenvalue weighted by Gasteiger charge is 2.32. The highest BCUT2D eigenvalue weighted by molar-refractivity contribution is 5.04. The van der Waals surface area contributed by atoms with Crippen LogP contribution < -0.4 is 5.32 Å². The highest BCUT2D eigenvalue weighted by Crippen LogP contribution is 2.28. The average molecular weight is 281 g/mol. The molecule has 0 radical (unpaired) electrons. The van der Waals surface area contributed by atoms with E-state index < -0.39 is 0 Å². The Kier molecular flexibility index (Phi) is 4.65. The summed E-state index contributed by atoms with van der Waals surface area (Å²) in [5.41, 5.74) is 0. The van der Waals surface area contributed by atoms with Crippen molar-refractivity contribution in [1.29, 1.82) is 0 Å². The molecule has 1 aromatic rings. The van der Waals surface area contributed by atoms with Crippen LogP contribution in [-0.2, 0) is 9.47 Å².